The van der Waals surface area contributed by atoms with Crippen LogP contribution in [0.25, 0.3) is 0 Å². The monoisotopic (exact) mass is 446 g/mol. The number of benzene rings is 2. The zero-order chi connectivity index (χ0) is 21.7. The summed E-state index contributed by atoms with van der Waals surface area (Å²) in [4.78, 5) is 14.0. The van der Waals surface area contributed by atoms with Crippen LogP contribution in [-0.2, 0) is 10.0 Å². The van der Waals surface area contributed by atoms with Crippen molar-refractivity contribution in [1.29, 1.82) is 0 Å². The van der Waals surface area contributed by atoms with Crippen molar-refractivity contribution >= 4 is 27.3 Å². The van der Waals surface area contributed by atoms with Crippen molar-refractivity contribution in [3.05, 3.63) is 87.9 Å². The Morgan fingerprint density at radius 2 is 1.77 bits per heavy atom. The van der Waals surface area contributed by atoms with Crippen LogP contribution >= 0.6 is 11.3 Å². The molecule has 0 saturated carbocycles. The molecule has 30 heavy (non-hydrogen) atoms. The van der Waals surface area contributed by atoms with Crippen LogP contribution in [0.2, 0.25) is 0 Å². The van der Waals surface area contributed by atoms with Crippen LogP contribution in [0.5, 0.6) is 0 Å². The van der Waals surface area contributed by atoms with E-state index in [0.29, 0.717) is 13.1 Å². The third kappa shape index (κ3) is 4.77. The van der Waals surface area contributed by atoms with E-state index in [1.165, 1.54) is 39.9 Å². The molecule has 0 fully saturated rings. The minimum absolute atomic E-state index is 0.0771. The first-order valence-corrected chi connectivity index (χ1v) is 11.9. The molecule has 1 N–H and O–H groups in total. The van der Waals surface area contributed by atoms with Crippen molar-refractivity contribution in [3.8, 4) is 0 Å². The summed E-state index contributed by atoms with van der Waals surface area (Å²) in [6.45, 7) is 4.23. The third-order valence-electron chi connectivity index (χ3n) is 4.75. The molecular formula is C22H23FN2O3S2. The van der Waals surface area contributed by atoms with Crippen LogP contribution in [0.15, 0.2) is 70.9 Å². The molecule has 2 aromatic carbocycles. The molecular weight excluding hydrogens is 423 g/mol. The number of hydrogen-bond acceptors (Lipinski definition) is 4. The Morgan fingerprint density at radius 1 is 1.07 bits per heavy atom. The highest BCUT2D eigenvalue weighted by atomic mass is 32.2. The first-order valence-electron chi connectivity index (χ1n) is 9.56. The fourth-order valence-electron chi connectivity index (χ4n) is 3.15. The molecule has 1 amide bonds. The molecule has 158 valence electrons. The number of thiophene rings is 1. The van der Waals surface area contributed by atoms with E-state index in [2.05, 4.69) is 5.32 Å². The Bertz CT molecular complexity index is 1090. The Hall–Kier alpha value is -2.55. The number of carbonyl (C=O) groups excluding carboxylic acids is 1. The van der Waals surface area contributed by atoms with E-state index in [0.717, 1.165) is 10.4 Å². The van der Waals surface area contributed by atoms with Crippen molar-refractivity contribution in [1.82, 2.24) is 9.62 Å². The van der Waals surface area contributed by atoms with E-state index in [4.69, 9.17) is 0 Å². The Kier molecular flexibility index (Phi) is 7.02. The summed E-state index contributed by atoms with van der Waals surface area (Å²) >= 11 is 1.47. The summed E-state index contributed by atoms with van der Waals surface area (Å²) in [7, 11) is -3.67. The summed E-state index contributed by atoms with van der Waals surface area (Å²) in [5.41, 5.74) is 0.978. The lowest BCUT2D eigenvalue weighted by molar-refractivity contribution is 0.0943. The topological polar surface area (TPSA) is 66.5 Å². The summed E-state index contributed by atoms with van der Waals surface area (Å²) in [5.74, 6) is -0.765. The predicted octanol–water partition coefficient (Wildman–Crippen LogP) is 4.44. The van der Waals surface area contributed by atoms with Gasteiger partial charge < -0.3 is 5.32 Å². The number of amides is 1. The van der Waals surface area contributed by atoms with E-state index in [-0.39, 0.29) is 16.3 Å². The molecule has 1 unspecified atom stereocenters. The number of hydrogen-bond donors (Lipinski definition) is 1. The van der Waals surface area contributed by atoms with Crippen molar-refractivity contribution in [2.24, 2.45) is 0 Å². The number of sulfonamides is 1. The van der Waals surface area contributed by atoms with Crippen LogP contribution in [0.1, 0.15) is 40.7 Å². The van der Waals surface area contributed by atoms with Crippen LogP contribution in [0.3, 0.4) is 0 Å². The molecule has 0 bridgehead atoms. The van der Waals surface area contributed by atoms with Gasteiger partial charge in [-0.15, -0.1) is 11.3 Å². The Morgan fingerprint density at radius 3 is 2.37 bits per heavy atom. The van der Waals surface area contributed by atoms with Crippen LogP contribution in [-0.4, -0.2) is 31.7 Å². The normalized spacial score (nSPS) is 12.7. The van der Waals surface area contributed by atoms with Gasteiger partial charge in [0.2, 0.25) is 10.0 Å². The molecule has 3 aromatic rings. The molecule has 0 saturated heterocycles. The maximum Gasteiger partial charge on any atom is 0.252 e. The Labute approximate surface area is 180 Å². The minimum Gasteiger partial charge on any atom is -0.340 e. The molecule has 0 aliphatic heterocycles. The van der Waals surface area contributed by atoms with Gasteiger partial charge >= 0.3 is 0 Å². The average Bonchev–Trinajstić information content (AvgIpc) is 3.28. The maximum absolute atomic E-state index is 13.4. The van der Waals surface area contributed by atoms with Gasteiger partial charge in [-0.25, -0.2) is 12.8 Å². The second kappa shape index (κ2) is 9.51. The van der Waals surface area contributed by atoms with E-state index >= 15 is 0 Å². The molecule has 1 aromatic heterocycles. The predicted molar refractivity (Wildman–Crippen MR) is 117 cm³/mol. The summed E-state index contributed by atoms with van der Waals surface area (Å²) in [6.07, 6.45) is 0. The minimum atomic E-state index is -3.67. The van der Waals surface area contributed by atoms with Gasteiger partial charge in [-0.3, -0.25) is 4.79 Å². The molecule has 1 atom stereocenters. The van der Waals surface area contributed by atoms with Gasteiger partial charge in [-0.2, -0.15) is 4.31 Å². The van der Waals surface area contributed by atoms with E-state index < -0.39 is 22.0 Å². The van der Waals surface area contributed by atoms with Gasteiger partial charge in [0, 0.05) is 23.5 Å². The number of nitrogens with one attached hydrogen (secondary N) is 1. The van der Waals surface area contributed by atoms with Gasteiger partial charge in [0.1, 0.15) is 5.82 Å². The Balaban J connectivity index is 1.91. The molecule has 0 aliphatic rings. The summed E-state index contributed by atoms with van der Waals surface area (Å²) in [6, 6.07) is 15.2. The molecule has 3 rings (SSSR count). The van der Waals surface area contributed by atoms with Crippen LogP contribution in [0.4, 0.5) is 4.39 Å². The number of nitrogens with zero attached hydrogens (tertiary/aromatic N) is 1. The first kappa shape index (κ1) is 22.1. The molecule has 0 spiro atoms. The zero-order valence-electron chi connectivity index (χ0n) is 16.7. The van der Waals surface area contributed by atoms with Crippen molar-refractivity contribution in [3.63, 3.8) is 0 Å². The number of rotatable bonds is 8. The quantitative estimate of drug-likeness (QED) is 0.556. The third-order valence-corrected chi connectivity index (χ3v) is 7.73. The van der Waals surface area contributed by atoms with Crippen LogP contribution < -0.4 is 5.32 Å². The van der Waals surface area contributed by atoms with E-state index in [9.17, 15) is 17.6 Å². The molecule has 8 heteroatoms. The highest BCUT2D eigenvalue weighted by Crippen LogP contribution is 2.27. The van der Waals surface area contributed by atoms with E-state index in [1.807, 2.05) is 17.5 Å². The van der Waals surface area contributed by atoms with E-state index in [1.54, 1.807) is 38.1 Å². The SMILES string of the molecule is CCN(CC)S(=O)(=O)c1cccc(C(=O)NC(c2ccc(F)cc2)c2cccs2)c1. The second-order valence-electron chi connectivity index (χ2n) is 6.59. The molecule has 0 radical (unpaired) electrons. The highest BCUT2D eigenvalue weighted by Gasteiger charge is 2.24. The lowest BCUT2D eigenvalue weighted by atomic mass is 10.0. The lowest BCUT2D eigenvalue weighted by Crippen LogP contribution is -2.31. The molecule has 1 heterocycles. The second-order valence-corrected chi connectivity index (χ2v) is 9.51. The molecule has 0 aliphatic carbocycles. The van der Waals surface area contributed by atoms with Gasteiger partial charge in [-0.1, -0.05) is 38.1 Å². The van der Waals surface area contributed by atoms with Gasteiger partial charge in [0.15, 0.2) is 0 Å². The standard InChI is InChI=1S/C22H23FN2O3S2/c1-3-25(4-2)30(27,28)19-8-5-7-17(15-19)22(26)24-21(20-9-6-14-29-20)16-10-12-18(23)13-11-16/h5-15,21H,3-4H2,1-2H3,(H,24,26). The smallest absolute Gasteiger partial charge is 0.252 e. The summed E-state index contributed by atoms with van der Waals surface area (Å²) < 4.78 is 40.3. The maximum atomic E-state index is 13.4. The van der Waals surface area contributed by atoms with Crippen molar-refractivity contribution in [2.45, 2.75) is 24.8 Å². The van der Waals surface area contributed by atoms with Crippen molar-refractivity contribution in [2.75, 3.05) is 13.1 Å². The zero-order valence-corrected chi connectivity index (χ0v) is 18.3. The van der Waals surface area contributed by atoms with Gasteiger partial charge in [0.25, 0.3) is 5.91 Å². The first-order chi connectivity index (χ1) is 14.4. The van der Waals surface area contributed by atoms with Crippen molar-refractivity contribution < 1.29 is 17.6 Å². The van der Waals surface area contributed by atoms with Gasteiger partial charge in [-0.05, 0) is 47.3 Å². The fourth-order valence-corrected chi connectivity index (χ4v) is 5.46. The van der Waals surface area contributed by atoms with Crippen LogP contribution in [0, 0.1) is 5.82 Å². The summed E-state index contributed by atoms with van der Waals surface area (Å²) in [5, 5.41) is 4.85. The average molecular weight is 447 g/mol. The highest BCUT2D eigenvalue weighted by molar-refractivity contribution is 7.89. The molecule has 5 nitrogen and oxygen atoms in total. The van der Waals surface area contributed by atoms with Gasteiger partial charge in [0.05, 0.1) is 10.9 Å². The number of halogens is 1. The fraction of sp³-hybridized carbons (Fsp3) is 0.227. The lowest BCUT2D eigenvalue weighted by Gasteiger charge is -2.20. The largest absolute Gasteiger partial charge is 0.340 e. The number of carbonyl (C=O) groups is 1.